The SMILES string of the molecule is Cc1ccc[c]([Tl]([C]#N)[c]2cccc(C)c2)c1. The van der Waals surface area contributed by atoms with Gasteiger partial charge in [-0.25, -0.2) is 0 Å². The van der Waals surface area contributed by atoms with Crippen molar-refractivity contribution in [3.05, 3.63) is 59.7 Å². The predicted molar refractivity (Wildman–Crippen MR) is 73.0 cm³/mol. The van der Waals surface area contributed by atoms with Crippen LogP contribution in [0.2, 0.25) is 0 Å². The maximum atomic E-state index is 9.46. The fraction of sp³-hybridized carbons (Fsp3) is 0.133. The van der Waals surface area contributed by atoms with E-state index >= 15 is 0 Å². The maximum absolute atomic E-state index is 9.46. The third-order valence-electron chi connectivity index (χ3n) is 2.88. The molecule has 0 spiro atoms. The molecule has 0 fully saturated rings. The van der Waals surface area contributed by atoms with Crippen molar-refractivity contribution in [1.82, 2.24) is 0 Å². The summed E-state index contributed by atoms with van der Waals surface area (Å²) < 4.78 is 5.19. The number of aryl methyl sites for hydroxylation is 2. The molecule has 0 saturated heterocycles. The van der Waals surface area contributed by atoms with E-state index in [2.05, 4.69) is 66.0 Å². The first-order valence-electron chi connectivity index (χ1n) is 5.73. The molecule has 1 nitrogen and oxygen atoms in total. The second-order valence-corrected chi connectivity index (χ2v) is 13.9. The van der Waals surface area contributed by atoms with E-state index in [-0.39, 0.29) is 0 Å². The van der Waals surface area contributed by atoms with Gasteiger partial charge in [0.05, 0.1) is 0 Å². The molecule has 0 unspecified atom stereocenters. The summed E-state index contributed by atoms with van der Waals surface area (Å²) in [6, 6.07) is 16.9. The van der Waals surface area contributed by atoms with Gasteiger partial charge in [0.15, 0.2) is 0 Å². The van der Waals surface area contributed by atoms with Crippen LogP contribution in [0.15, 0.2) is 48.5 Å². The molecule has 0 atom stereocenters. The number of nitrogens with zero attached hydrogens (tertiary/aromatic N) is 1. The Balaban J connectivity index is 2.45. The molecule has 0 aromatic heterocycles. The van der Waals surface area contributed by atoms with E-state index in [1.807, 2.05) is 0 Å². The molecule has 0 amide bonds. The number of nitriles is 1. The molecule has 2 rings (SSSR count). The van der Waals surface area contributed by atoms with Gasteiger partial charge in [-0.3, -0.25) is 0 Å². The van der Waals surface area contributed by atoms with Gasteiger partial charge in [0.1, 0.15) is 0 Å². The Kier molecular flexibility index (Phi) is 3.95. The van der Waals surface area contributed by atoms with Crippen molar-refractivity contribution < 1.29 is 0 Å². The van der Waals surface area contributed by atoms with Gasteiger partial charge in [-0.1, -0.05) is 0 Å². The third-order valence-corrected chi connectivity index (χ3v) is 11.9. The summed E-state index contributed by atoms with van der Waals surface area (Å²) in [5, 5.41) is 9.46. The van der Waals surface area contributed by atoms with E-state index < -0.39 is 22.7 Å². The molecular weight excluding hydrogens is 399 g/mol. The standard InChI is InChI=1S/2C7H7.CN.Tl/c2*1-7-5-3-2-4-6-7;1-2;/h2*2-3,5-6H,1H3;;. The first-order chi connectivity index (χ1) is 8.20. The van der Waals surface area contributed by atoms with Gasteiger partial charge in [0, 0.05) is 0 Å². The summed E-state index contributed by atoms with van der Waals surface area (Å²) in [5.74, 6) is 0. The van der Waals surface area contributed by atoms with Gasteiger partial charge < -0.3 is 0 Å². The zero-order valence-corrected chi connectivity index (χ0v) is 14.6. The van der Waals surface area contributed by atoms with Crippen molar-refractivity contribution in [3.8, 4) is 3.63 Å². The van der Waals surface area contributed by atoms with Crippen molar-refractivity contribution in [2.45, 2.75) is 13.8 Å². The first kappa shape index (κ1) is 12.3. The Hall–Kier alpha value is -1.15. The van der Waals surface area contributed by atoms with Crippen LogP contribution in [-0.4, -0.2) is 22.7 Å². The molecule has 0 N–H and O–H groups in total. The van der Waals surface area contributed by atoms with Gasteiger partial charge >= 0.3 is 111 Å². The molecule has 2 heteroatoms. The molecule has 82 valence electrons. The van der Waals surface area contributed by atoms with Gasteiger partial charge in [-0.2, -0.15) is 0 Å². The van der Waals surface area contributed by atoms with Crippen LogP contribution in [0.3, 0.4) is 0 Å². The van der Waals surface area contributed by atoms with Gasteiger partial charge in [-0.05, 0) is 0 Å². The van der Waals surface area contributed by atoms with E-state index in [0.717, 1.165) is 0 Å². The van der Waals surface area contributed by atoms with Crippen LogP contribution in [0.5, 0.6) is 0 Å². The van der Waals surface area contributed by atoms with E-state index in [0.29, 0.717) is 0 Å². The van der Waals surface area contributed by atoms with Crippen molar-refractivity contribution in [1.29, 1.82) is 5.26 Å². The van der Waals surface area contributed by atoms with E-state index in [1.165, 1.54) is 17.4 Å². The van der Waals surface area contributed by atoms with Crippen LogP contribution in [-0.2, 0) is 0 Å². The van der Waals surface area contributed by atoms with Crippen molar-refractivity contribution in [2.24, 2.45) is 0 Å². The molecule has 0 aliphatic rings. The molecular formula is C15H14NTl. The Labute approximate surface area is 111 Å². The minimum absolute atomic E-state index is 1.25. The fourth-order valence-corrected chi connectivity index (χ4v) is 10.4. The van der Waals surface area contributed by atoms with E-state index in [4.69, 9.17) is 0 Å². The zero-order chi connectivity index (χ0) is 12.3. The Morgan fingerprint density at radius 1 is 0.882 bits per heavy atom. The number of rotatable bonds is 2. The molecule has 0 heterocycles. The average Bonchev–Trinajstić information content (AvgIpc) is 2.30. The monoisotopic (exact) mass is 413 g/mol. The van der Waals surface area contributed by atoms with Gasteiger partial charge in [0.25, 0.3) is 0 Å². The summed E-state index contributed by atoms with van der Waals surface area (Å²) in [4.78, 5) is 0. The summed E-state index contributed by atoms with van der Waals surface area (Å²) >= 11 is -2.59. The first-order valence-corrected chi connectivity index (χ1v) is 12.5. The second kappa shape index (κ2) is 5.46. The Morgan fingerprint density at radius 2 is 1.35 bits per heavy atom. The number of hydrogen-bond acceptors (Lipinski definition) is 1. The molecule has 2 aromatic rings. The van der Waals surface area contributed by atoms with Crippen LogP contribution in [0.1, 0.15) is 11.1 Å². The predicted octanol–water partition coefficient (Wildman–Crippen LogP) is 1.98. The average molecular weight is 413 g/mol. The second-order valence-electron chi connectivity index (χ2n) is 4.39. The van der Waals surface area contributed by atoms with Crippen molar-refractivity contribution in [3.63, 3.8) is 0 Å². The van der Waals surface area contributed by atoms with Crippen LogP contribution in [0, 0.1) is 22.7 Å². The molecule has 0 saturated carbocycles. The van der Waals surface area contributed by atoms with Gasteiger partial charge in [-0.15, -0.1) is 0 Å². The quantitative estimate of drug-likeness (QED) is 0.692. The van der Waals surface area contributed by atoms with Crippen LogP contribution >= 0.6 is 0 Å². The van der Waals surface area contributed by atoms with Crippen molar-refractivity contribution >= 4 is 28.9 Å². The molecule has 0 bridgehead atoms. The summed E-state index contributed by atoms with van der Waals surface area (Å²) in [6.07, 6.45) is 0. The van der Waals surface area contributed by atoms with Crippen LogP contribution < -0.4 is 6.25 Å². The summed E-state index contributed by atoms with van der Waals surface area (Å²) in [5.41, 5.74) is 2.49. The Bertz CT molecular complexity index is 524. The van der Waals surface area contributed by atoms with E-state index in [1.54, 1.807) is 0 Å². The van der Waals surface area contributed by atoms with Crippen LogP contribution in [0.4, 0.5) is 0 Å². The molecule has 2 aromatic carbocycles. The van der Waals surface area contributed by atoms with Gasteiger partial charge in [0.2, 0.25) is 0 Å². The number of benzene rings is 2. The van der Waals surface area contributed by atoms with E-state index in [9.17, 15) is 5.26 Å². The molecule has 0 aliphatic heterocycles. The number of hydrogen-bond donors (Lipinski definition) is 0. The topological polar surface area (TPSA) is 23.8 Å². The summed E-state index contributed by atoms with van der Waals surface area (Å²) in [7, 11) is 0. The normalized spacial score (nSPS) is 9.71. The third kappa shape index (κ3) is 2.95. The zero-order valence-electron chi connectivity index (χ0n) is 10.1. The molecule has 17 heavy (non-hydrogen) atoms. The fourth-order valence-electron chi connectivity index (χ4n) is 2.04. The molecule has 0 radical (unpaired) electrons. The summed E-state index contributed by atoms with van der Waals surface area (Å²) in [6.45, 7) is 4.17. The molecule has 0 aliphatic carbocycles. The Morgan fingerprint density at radius 3 is 1.71 bits per heavy atom. The van der Waals surface area contributed by atoms with Crippen LogP contribution in [0.25, 0.3) is 0 Å². The minimum atomic E-state index is -2.59. The van der Waals surface area contributed by atoms with Crippen molar-refractivity contribution in [2.75, 3.05) is 0 Å².